The van der Waals surface area contributed by atoms with E-state index in [4.69, 9.17) is 0 Å². The van der Waals surface area contributed by atoms with Crippen LogP contribution in [-0.2, 0) is 6.54 Å². The molecule has 0 aliphatic heterocycles. The quantitative estimate of drug-likeness (QED) is 0.263. The minimum absolute atomic E-state index is 0.102. The summed E-state index contributed by atoms with van der Waals surface area (Å²) in [6.07, 6.45) is 8.43. The highest BCUT2D eigenvalue weighted by molar-refractivity contribution is 5.79. The number of hydrogen-bond donors (Lipinski definition) is 2. The normalized spacial score (nSPS) is 14.9. The molecule has 0 atom stereocenters. The molecule has 0 bridgehead atoms. The molecule has 1 aromatic rings. The van der Waals surface area contributed by atoms with Crippen LogP contribution in [-0.4, -0.2) is 24.0 Å². The van der Waals surface area contributed by atoms with Gasteiger partial charge in [-0.1, -0.05) is 23.8 Å². The lowest BCUT2D eigenvalue weighted by atomic mass is 9.97. The van der Waals surface area contributed by atoms with E-state index >= 15 is 0 Å². The first-order chi connectivity index (χ1) is 11.7. The molecule has 0 saturated carbocycles. The summed E-state index contributed by atoms with van der Waals surface area (Å²) >= 11 is 0. The summed E-state index contributed by atoms with van der Waals surface area (Å²) < 4.78 is 0. The van der Waals surface area contributed by atoms with E-state index in [1.165, 1.54) is 37.3 Å². The van der Waals surface area contributed by atoms with Gasteiger partial charge >= 0.3 is 0 Å². The molecule has 1 aromatic carbocycles. The Kier molecular flexibility index (Phi) is 7.26. The zero-order valence-corrected chi connectivity index (χ0v) is 14.3. The fourth-order valence-corrected chi connectivity index (χ4v) is 2.75. The second kappa shape index (κ2) is 9.70. The van der Waals surface area contributed by atoms with Gasteiger partial charge in [-0.05, 0) is 44.6 Å². The van der Waals surface area contributed by atoms with Crippen LogP contribution in [0.4, 0.5) is 5.69 Å². The Balaban J connectivity index is 1.88. The molecule has 0 heterocycles. The van der Waals surface area contributed by atoms with Crippen molar-refractivity contribution in [2.75, 3.05) is 13.1 Å². The molecule has 2 rings (SSSR count). The zero-order valence-electron chi connectivity index (χ0n) is 14.3. The van der Waals surface area contributed by atoms with Gasteiger partial charge in [-0.25, -0.2) is 4.99 Å². The number of nitrogens with zero attached hydrogens (tertiary/aromatic N) is 2. The topological polar surface area (TPSA) is 79.6 Å². The van der Waals surface area contributed by atoms with Crippen LogP contribution in [0.15, 0.2) is 40.9 Å². The molecule has 24 heavy (non-hydrogen) atoms. The maximum Gasteiger partial charge on any atom is 0.269 e. The van der Waals surface area contributed by atoms with Crippen LogP contribution >= 0.6 is 0 Å². The Morgan fingerprint density at radius 3 is 2.92 bits per heavy atom. The van der Waals surface area contributed by atoms with Crippen molar-refractivity contribution < 1.29 is 4.92 Å². The molecule has 0 spiro atoms. The molecule has 0 fully saturated rings. The maximum atomic E-state index is 10.8. The third kappa shape index (κ3) is 6.02. The molecule has 2 N–H and O–H groups in total. The van der Waals surface area contributed by atoms with Crippen molar-refractivity contribution >= 4 is 11.6 Å². The van der Waals surface area contributed by atoms with Crippen LogP contribution in [0.3, 0.4) is 0 Å². The van der Waals surface area contributed by atoms with Gasteiger partial charge in [0, 0.05) is 25.2 Å². The first-order valence-corrected chi connectivity index (χ1v) is 8.62. The average molecular weight is 330 g/mol. The fourth-order valence-electron chi connectivity index (χ4n) is 2.75. The van der Waals surface area contributed by atoms with Crippen molar-refractivity contribution in [2.24, 2.45) is 4.99 Å². The smallest absolute Gasteiger partial charge is 0.269 e. The van der Waals surface area contributed by atoms with Gasteiger partial charge in [0.25, 0.3) is 5.69 Å². The van der Waals surface area contributed by atoms with Gasteiger partial charge in [0.2, 0.25) is 0 Å². The van der Waals surface area contributed by atoms with Crippen molar-refractivity contribution in [3.63, 3.8) is 0 Å². The predicted octanol–water partition coefficient (Wildman–Crippen LogP) is 3.54. The Bertz CT molecular complexity index is 611. The van der Waals surface area contributed by atoms with Crippen LogP contribution < -0.4 is 10.6 Å². The van der Waals surface area contributed by atoms with E-state index in [-0.39, 0.29) is 10.6 Å². The average Bonchev–Trinajstić information content (AvgIpc) is 2.61. The van der Waals surface area contributed by atoms with E-state index in [0.29, 0.717) is 6.54 Å². The van der Waals surface area contributed by atoms with Crippen LogP contribution in [0.2, 0.25) is 0 Å². The van der Waals surface area contributed by atoms with Crippen LogP contribution in [0.25, 0.3) is 0 Å². The summed E-state index contributed by atoms with van der Waals surface area (Å²) in [5, 5.41) is 17.4. The number of allylic oxidation sites excluding steroid dienone is 1. The van der Waals surface area contributed by atoms with Gasteiger partial charge in [0.1, 0.15) is 0 Å². The largest absolute Gasteiger partial charge is 0.357 e. The summed E-state index contributed by atoms with van der Waals surface area (Å²) in [4.78, 5) is 15.0. The number of nitro groups is 1. The van der Waals surface area contributed by atoms with E-state index in [0.717, 1.165) is 31.0 Å². The molecule has 6 nitrogen and oxygen atoms in total. The molecule has 1 aliphatic carbocycles. The van der Waals surface area contributed by atoms with E-state index in [1.54, 1.807) is 12.1 Å². The van der Waals surface area contributed by atoms with Crippen molar-refractivity contribution in [1.29, 1.82) is 0 Å². The van der Waals surface area contributed by atoms with Crippen molar-refractivity contribution in [2.45, 2.75) is 45.6 Å². The number of benzene rings is 1. The molecule has 6 heteroatoms. The van der Waals surface area contributed by atoms with Crippen LogP contribution in [0, 0.1) is 10.1 Å². The molecule has 1 aliphatic rings. The number of aliphatic imine (C=N–C) groups is 1. The molecule has 0 unspecified atom stereocenters. The number of guanidine groups is 1. The number of nitrogens with one attached hydrogen (secondary N) is 2. The molecular weight excluding hydrogens is 304 g/mol. The van der Waals surface area contributed by atoms with Crippen LogP contribution in [0.5, 0.6) is 0 Å². The second-order valence-corrected chi connectivity index (χ2v) is 5.91. The predicted molar refractivity (Wildman–Crippen MR) is 97.1 cm³/mol. The van der Waals surface area contributed by atoms with E-state index in [1.807, 2.05) is 13.0 Å². The minimum Gasteiger partial charge on any atom is -0.357 e. The standard InChI is InChI=1S/C18H26N4O2/c1-2-19-18(20-12-11-15-7-4-3-5-8-15)21-14-16-9-6-10-17(13-16)22(23)24/h6-7,9-10,13H,2-5,8,11-12,14H2,1H3,(H2,19,20,21). The van der Waals surface area contributed by atoms with Gasteiger partial charge < -0.3 is 10.6 Å². The third-order valence-electron chi connectivity index (χ3n) is 4.01. The van der Waals surface area contributed by atoms with Crippen molar-refractivity contribution in [3.05, 3.63) is 51.6 Å². The highest BCUT2D eigenvalue weighted by Gasteiger charge is 2.06. The molecule has 0 aromatic heterocycles. The summed E-state index contributed by atoms with van der Waals surface area (Å²) in [7, 11) is 0. The van der Waals surface area contributed by atoms with Gasteiger partial charge in [-0.3, -0.25) is 10.1 Å². The number of hydrogen-bond acceptors (Lipinski definition) is 3. The van der Waals surface area contributed by atoms with Gasteiger partial charge in [-0.2, -0.15) is 0 Å². The van der Waals surface area contributed by atoms with Gasteiger partial charge in [-0.15, -0.1) is 0 Å². The lowest BCUT2D eigenvalue weighted by molar-refractivity contribution is -0.384. The number of non-ortho nitro benzene ring substituents is 1. The first kappa shape index (κ1) is 18.0. The molecule has 0 radical (unpaired) electrons. The summed E-state index contributed by atoms with van der Waals surface area (Å²) in [6.45, 7) is 4.07. The van der Waals surface area contributed by atoms with Gasteiger partial charge in [0.05, 0.1) is 11.5 Å². The lowest BCUT2D eigenvalue weighted by Crippen LogP contribution is -2.37. The Morgan fingerprint density at radius 2 is 2.21 bits per heavy atom. The minimum atomic E-state index is -0.380. The lowest BCUT2D eigenvalue weighted by Gasteiger charge is -2.15. The summed E-state index contributed by atoms with van der Waals surface area (Å²) in [5.74, 6) is 0.750. The van der Waals surface area contributed by atoms with Crippen molar-refractivity contribution in [1.82, 2.24) is 10.6 Å². The summed E-state index contributed by atoms with van der Waals surface area (Å²) in [5.41, 5.74) is 2.46. The fraction of sp³-hybridized carbons (Fsp3) is 0.500. The molecule has 0 saturated heterocycles. The van der Waals surface area contributed by atoms with Crippen molar-refractivity contribution in [3.8, 4) is 0 Å². The third-order valence-corrected chi connectivity index (χ3v) is 4.01. The first-order valence-electron chi connectivity index (χ1n) is 8.62. The Morgan fingerprint density at radius 1 is 1.33 bits per heavy atom. The highest BCUT2D eigenvalue weighted by atomic mass is 16.6. The van der Waals surface area contributed by atoms with Gasteiger partial charge in [0.15, 0.2) is 5.96 Å². The maximum absolute atomic E-state index is 10.8. The number of rotatable bonds is 7. The van der Waals surface area contributed by atoms with E-state index in [9.17, 15) is 10.1 Å². The highest BCUT2D eigenvalue weighted by Crippen LogP contribution is 2.19. The van der Waals surface area contributed by atoms with E-state index in [2.05, 4.69) is 21.7 Å². The Labute approximate surface area is 143 Å². The molecular formula is C18H26N4O2. The SMILES string of the molecule is CCNC(=NCc1cccc([N+](=O)[O-])c1)NCCC1=CCCCC1. The number of nitro benzene ring substituents is 1. The summed E-state index contributed by atoms with van der Waals surface area (Å²) in [6, 6.07) is 6.61. The molecule has 0 amide bonds. The second-order valence-electron chi connectivity index (χ2n) is 5.91. The van der Waals surface area contributed by atoms with E-state index < -0.39 is 0 Å². The monoisotopic (exact) mass is 330 g/mol. The Hall–Kier alpha value is -2.37. The van der Waals surface area contributed by atoms with Crippen LogP contribution in [0.1, 0.15) is 44.6 Å². The zero-order chi connectivity index (χ0) is 17.2. The molecule has 130 valence electrons.